The van der Waals surface area contributed by atoms with Crippen molar-refractivity contribution >= 4 is 21.8 Å². The van der Waals surface area contributed by atoms with E-state index in [2.05, 4.69) is 20.9 Å². The first-order chi connectivity index (χ1) is 9.47. The summed E-state index contributed by atoms with van der Waals surface area (Å²) in [4.78, 5) is 28.1. The summed E-state index contributed by atoms with van der Waals surface area (Å²) in [5, 5.41) is 0. The van der Waals surface area contributed by atoms with Crippen LogP contribution in [0.15, 0.2) is 45.8 Å². The lowest BCUT2D eigenvalue weighted by Crippen LogP contribution is -2.31. The zero-order valence-corrected chi connectivity index (χ0v) is 12.9. The third-order valence-corrected chi connectivity index (χ3v) is 3.41. The fourth-order valence-electron chi connectivity index (χ4n) is 1.98. The molecule has 0 radical (unpaired) electrons. The number of carbonyl (C=O) groups is 1. The van der Waals surface area contributed by atoms with Gasteiger partial charge in [0.25, 0.3) is 11.5 Å². The fraction of sp³-hybridized carbons (Fsp3) is 0.200. The van der Waals surface area contributed by atoms with E-state index < -0.39 is 0 Å². The first kappa shape index (κ1) is 14.5. The van der Waals surface area contributed by atoms with Crippen LogP contribution in [0.2, 0.25) is 0 Å². The molecule has 0 aliphatic heterocycles. The maximum absolute atomic E-state index is 12.3. The molecule has 0 saturated heterocycles. The van der Waals surface area contributed by atoms with Crippen LogP contribution in [0.3, 0.4) is 0 Å². The minimum atomic E-state index is -0.380. The van der Waals surface area contributed by atoms with Crippen molar-refractivity contribution in [1.29, 1.82) is 0 Å². The highest BCUT2D eigenvalue weighted by atomic mass is 79.9. The van der Waals surface area contributed by atoms with E-state index in [1.165, 1.54) is 17.2 Å². The molecule has 0 saturated carbocycles. The summed E-state index contributed by atoms with van der Waals surface area (Å²) >= 11 is 3.25. The van der Waals surface area contributed by atoms with Crippen molar-refractivity contribution in [2.45, 2.75) is 13.5 Å². The number of halogens is 1. The molecule has 1 amide bonds. The zero-order chi connectivity index (χ0) is 14.7. The molecule has 1 aromatic heterocycles. The van der Waals surface area contributed by atoms with Crippen LogP contribution in [0.5, 0.6) is 0 Å². The average Bonchev–Trinajstić information content (AvgIpc) is 2.40. The zero-order valence-electron chi connectivity index (χ0n) is 11.3. The Morgan fingerprint density at radius 2 is 2.10 bits per heavy atom. The van der Waals surface area contributed by atoms with Gasteiger partial charge in [0.1, 0.15) is 5.56 Å². The van der Waals surface area contributed by atoms with E-state index >= 15 is 0 Å². The van der Waals surface area contributed by atoms with Crippen molar-refractivity contribution in [3.63, 3.8) is 0 Å². The van der Waals surface area contributed by atoms with Gasteiger partial charge in [-0.3, -0.25) is 9.59 Å². The third-order valence-electron chi connectivity index (χ3n) is 2.95. The lowest BCUT2D eigenvalue weighted by molar-refractivity contribution is 0.0783. The number of aryl methyl sites for hydroxylation is 1. The molecule has 20 heavy (non-hydrogen) atoms. The summed E-state index contributed by atoms with van der Waals surface area (Å²) in [6.07, 6.45) is 1.51. The summed E-state index contributed by atoms with van der Waals surface area (Å²) in [5.41, 5.74) is 1.93. The number of H-pyrrole nitrogens is 1. The Bertz CT molecular complexity index is 694. The summed E-state index contributed by atoms with van der Waals surface area (Å²) in [6, 6.07) is 9.48. The van der Waals surface area contributed by atoms with Gasteiger partial charge in [0.15, 0.2) is 0 Å². The van der Waals surface area contributed by atoms with Gasteiger partial charge in [-0.1, -0.05) is 29.8 Å². The number of nitrogens with zero attached hydrogens (tertiary/aromatic N) is 1. The van der Waals surface area contributed by atoms with Crippen molar-refractivity contribution in [3.8, 4) is 0 Å². The van der Waals surface area contributed by atoms with Gasteiger partial charge in [-0.05, 0) is 34.5 Å². The molecular weight excluding hydrogens is 320 g/mol. The molecule has 0 bridgehead atoms. The van der Waals surface area contributed by atoms with Crippen LogP contribution in [0, 0.1) is 6.92 Å². The van der Waals surface area contributed by atoms with Gasteiger partial charge in [-0.15, -0.1) is 0 Å². The van der Waals surface area contributed by atoms with Crippen LogP contribution in [0.1, 0.15) is 21.5 Å². The van der Waals surface area contributed by atoms with Gasteiger partial charge in [0, 0.05) is 24.3 Å². The monoisotopic (exact) mass is 334 g/mol. The van der Waals surface area contributed by atoms with E-state index in [-0.39, 0.29) is 17.0 Å². The maximum atomic E-state index is 12.3. The quantitative estimate of drug-likeness (QED) is 0.938. The van der Waals surface area contributed by atoms with Crippen LogP contribution >= 0.6 is 15.9 Å². The fourth-order valence-corrected chi connectivity index (χ4v) is 2.32. The molecule has 5 heteroatoms. The second-order valence-corrected chi connectivity index (χ2v) is 5.63. The van der Waals surface area contributed by atoms with E-state index in [9.17, 15) is 9.59 Å². The Hall–Kier alpha value is -1.88. The minimum absolute atomic E-state index is 0.134. The third kappa shape index (κ3) is 3.36. The van der Waals surface area contributed by atoms with Crippen LogP contribution in [-0.2, 0) is 6.54 Å². The number of pyridine rings is 1. The lowest BCUT2D eigenvalue weighted by Gasteiger charge is -2.17. The molecule has 0 aliphatic carbocycles. The van der Waals surface area contributed by atoms with Gasteiger partial charge in [0.05, 0.1) is 0 Å². The predicted octanol–water partition coefficient (Wildman–Crippen LogP) is 2.72. The van der Waals surface area contributed by atoms with Crippen LogP contribution in [0.25, 0.3) is 0 Å². The van der Waals surface area contributed by atoms with E-state index in [1.807, 2.05) is 31.2 Å². The minimum Gasteiger partial charge on any atom is -0.337 e. The molecule has 4 nitrogen and oxygen atoms in total. The van der Waals surface area contributed by atoms with E-state index in [0.717, 1.165) is 11.1 Å². The number of nitrogens with one attached hydrogen (secondary N) is 1. The number of aromatic amines is 1. The Balaban J connectivity index is 2.20. The number of benzene rings is 1. The molecule has 1 aromatic carbocycles. The predicted molar refractivity (Wildman–Crippen MR) is 81.7 cm³/mol. The molecule has 1 heterocycles. The standard InChI is InChI=1S/C15H15BrN2O2/c1-10-4-3-5-11(6-10)9-18(2)15(20)13-7-12(16)8-17-14(13)19/h3-8H,9H2,1-2H3,(H,17,19). The number of amides is 1. The second-order valence-electron chi connectivity index (χ2n) is 4.71. The topological polar surface area (TPSA) is 53.2 Å². The highest BCUT2D eigenvalue weighted by Gasteiger charge is 2.16. The Labute approximate surface area is 125 Å². The molecule has 0 atom stereocenters. The smallest absolute Gasteiger partial charge is 0.260 e. The highest BCUT2D eigenvalue weighted by Crippen LogP contribution is 2.11. The number of rotatable bonds is 3. The first-order valence-corrected chi connectivity index (χ1v) is 6.96. The highest BCUT2D eigenvalue weighted by molar-refractivity contribution is 9.10. The van der Waals surface area contributed by atoms with E-state index in [0.29, 0.717) is 11.0 Å². The van der Waals surface area contributed by atoms with Crippen molar-refractivity contribution in [2.75, 3.05) is 7.05 Å². The molecule has 1 N–H and O–H groups in total. The molecule has 0 aliphatic rings. The molecule has 0 fully saturated rings. The van der Waals surface area contributed by atoms with Crippen molar-refractivity contribution < 1.29 is 4.79 Å². The van der Waals surface area contributed by atoms with Crippen LogP contribution < -0.4 is 5.56 Å². The normalized spacial score (nSPS) is 10.3. The summed E-state index contributed by atoms with van der Waals surface area (Å²) < 4.78 is 0.671. The molecule has 0 unspecified atom stereocenters. The first-order valence-electron chi connectivity index (χ1n) is 6.16. The van der Waals surface area contributed by atoms with Crippen molar-refractivity contribution in [1.82, 2.24) is 9.88 Å². The SMILES string of the molecule is Cc1cccc(CN(C)C(=O)c2cc(Br)c[nH]c2=O)c1. The molecule has 104 valence electrons. The largest absolute Gasteiger partial charge is 0.337 e. The molecular formula is C15H15BrN2O2. The number of hydrogen-bond donors (Lipinski definition) is 1. The van der Waals surface area contributed by atoms with Crippen molar-refractivity contribution in [2.24, 2.45) is 0 Å². The Morgan fingerprint density at radius 1 is 1.35 bits per heavy atom. The summed E-state index contributed by atoms with van der Waals surface area (Å²) in [6.45, 7) is 2.47. The molecule has 2 rings (SSSR count). The van der Waals surface area contributed by atoms with Crippen LogP contribution in [-0.4, -0.2) is 22.8 Å². The number of carbonyl (C=O) groups excluding carboxylic acids is 1. The van der Waals surface area contributed by atoms with Gasteiger partial charge in [-0.2, -0.15) is 0 Å². The van der Waals surface area contributed by atoms with Crippen molar-refractivity contribution in [3.05, 3.63) is 68.0 Å². The summed E-state index contributed by atoms with van der Waals surface area (Å²) in [7, 11) is 1.69. The van der Waals surface area contributed by atoms with Gasteiger partial charge >= 0.3 is 0 Å². The summed E-state index contributed by atoms with van der Waals surface area (Å²) in [5.74, 6) is -0.297. The maximum Gasteiger partial charge on any atom is 0.260 e. The second kappa shape index (κ2) is 6.05. The molecule has 0 spiro atoms. The molecule has 2 aromatic rings. The average molecular weight is 335 g/mol. The Kier molecular flexibility index (Phi) is 4.39. The number of hydrogen-bond acceptors (Lipinski definition) is 2. The van der Waals surface area contributed by atoms with E-state index in [1.54, 1.807) is 7.05 Å². The Morgan fingerprint density at radius 3 is 2.80 bits per heavy atom. The van der Waals surface area contributed by atoms with Crippen LogP contribution in [0.4, 0.5) is 0 Å². The van der Waals surface area contributed by atoms with Gasteiger partial charge < -0.3 is 9.88 Å². The van der Waals surface area contributed by atoms with Gasteiger partial charge in [-0.25, -0.2) is 0 Å². The number of aromatic nitrogens is 1. The lowest BCUT2D eigenvalue weighted by atomic mass is 10.1. The van der Waals surface area contributed by atoms with E-state index in [4.69, 9.17) is 0 Å². The van der Waals surface area contributed by atoms with Gasteiger partial charge in [0.2, 0.25) is 0 Å².